The molecule has 0 aromatic rings. The summed E-state index contributed by atoms with van der Waals surface area (Å²) >= 11 is 0. The van der Waals surface area contributed by atoms with Crippen molar-refractivity contribution in [3.63, 3.8) is 0 Å². The zero-order valence-corrected chi connectivity index (χ0v) is 14.6. The molecular formula is C13H30N4O8. The molecule has 25 heavy (non-hydrogen) atoms. The van der Waals surface area contributed by atoms with Gasteiger partial charge in [0.15, 0.2) is 0 Å². The fourth-order valence-electron chi connectivity index (χ4n) is 0.497. The summed E-state index contributed by atoms with van der Waals surface area (Å²) in [6.07, 6.45) is 0.813. The number of hydrogen-bond donors (Lipinski definition) is 8. The molecule has 0 aliphatic carbocycles. The summed E-state index contributed by atoms with van der Waals surface area (Å²) in [7, 11) is 0. The number of rotatable bonds is 6. The van der Waals surface area contributed by atoms with Crippen molar-refractivity contribution in [2.45, 2.75) is 39.3 Å². The van der Waals surface area contributed by atoms with Gasteiger partial charge in [-0.1, -0.05) is 20.3 Å². The highest BCUT2D eigenvalue weighted by Crippen LogP contribution is 2.04. The SMILES string of the molecule is CC[C@H](C)[C@H](N)C(=O)O.C[C@H](N)C(=O)O.NCC(=O)O.NCC(=O)O. The van der Waals surface area contributed by atoms with E-state index in [9.17, 15) is 19.2 Å². The number of carboxylic acid groups (broad SMARTS) is 4. The predicted molar refractivity (Wildman–Crippen MR) is 89.7 cm³/mol. The second-order valence-corrected chi connectivity index (χ2v) is 4.57. The highest BCUT2D eigenvalue weighted by atomic mass is 16.4. The van der Waals surface area contributed by atoms with Gasteiger partial charge in [-0.15, -0.1) is 0 Å². The molecule has 12 nitrogen and oxygen atoms in total. The Morgan fingerprint density at radius 3 is 1.08 bits per heavy atom. The fourth-order valence-corrected chi connectivity index (χ4v) is 0.497. The topological polar surface area (TPSA) is 253 Å². The first kappa shape index (κ1) is 30.6. The van der Waals surface area contributed by atoms with Crippen LogP contribution in [0.3, 0.4) is 0 Å². The molecule has 150 valence electrons. The van der Waals surface area contributed by atoms with Crippen molar-refractivity contribution in [2.75, 3.05) is 13.1 Å². The fraction of sp³-hybridized carbons (Fsp3) is 0.692. The first-order valence-corrected chi connectivity index (χ1v) is 7.08. The van der Waals surface area contributed by atoms with Gasteiger partial charge in [0.25, 0.3) is 0 Å². The maximum atomic E-state index is 10.2. The number of aliphatic carboxylic acids is 4. The quantitative estimate of drug-likeness (QED) is 0.250. The van der Waals surface area contributed by atoms with Crippen LogP contribution in [-0.2, 0) is 19.2 Å². The van der Waals surface area contributed by atoms with Crippen LogP contribution in [0.2, 0.25) is 0 Å². The Morgan fingerprint density at radius 2 is 1.04 bits per heavy atom. The first-order chi connectivity index (χ1) is 11.3. The average Bonchev–Trinajstić information content (AvgIpc) is 2.54. The lowest BCUT2D eigenvalue weighted by molar-refractivity contribution is -0.140. The van der Waals surface area contributed by atoms with Gasteiger partial charge >= 0.3 is 23.9 Å². The molecule has 12 N–H and O–H groups in total. The van der Waals surface area contributed by atoms with Crippen molar-refractivity contribution in [3.05, 3.63) is 0 Å². The summed E-state index contributed by atoms with van der Waals surface area (Å²) in [5.74, 6) is -3.74. The Bertz CT molecular complexity index is 376. The molecule has 12 heteroatoms. The third-order valence-corrected chi connectivity index (χ3v) is 2.28. The van der Waals surface area contributed by atoms with Crippen LogP contribution in [-0.4, -0.2) is 69.5 Å². The van der Waals surface area contributed by atoms with Crippen LogP contribution in [0.25, 0.3) is 0 Å². The molecule has 0 unspecified atom stereocenters. The maximum Gasteiger partial charge on any atom is 0.320 e. The van der Waals surface area contributed by atoms with E-state index in [2.05, 4.69) is 11.5 Å². The maximum absolute atomic E-state index is 10.2. The number of nitrogens with two attached hydrogens (primary N) is 4. The molecule has 0 aliphatic heterocycles. The minimum Gasteiger partial charge on any atom is -0.480 e. The van der Waals surface area contributed by atoms with E-state index in [4.69, 9.17) is 31.9 Å². The molecule has 0 aliphatic rings. The summed E-state index contributed by atoms with van der Waals surface area (Å²) in [6.45, 7) is 4.62. The van der Waals surface area contributed by atoms with Gasteiger partial charge < -0.3 is 43.4 Å². The van der Waals surface area contributed by atoms with E-state index in [0.717, 1.165) is 6.42 Å². The van der Waals surface area contributed by atoms with E-state index in [1.165, 1.54) is 6.92 Å². The van der Waals surface area contributed by atoms with Gasteiger partial charge in [0.1, 0.15) is 12.1 Å². The van der Waals surface area contributed by atoms with E-state index in [-0.39, 0.29) is 19.0 Å². The van der Waals surface area contributed by atoms with Crippen molar-refractivity contribution in [1.29, 1.82) is 0 Å². The van der Waals surface area contributed by atoms with Crippen LogP contribution in [0, 0.1) is 5.92 Å². The van der Waals surface area contributed by atoms with Crippen molar-refractivity contribution >= 4 is 23.9 Å². The lowest BCUT2D eigenvalue weighted by Gasteiger charge is -2.11. The first-order valence-electron chi connectivity index (χ1n) is 7.08. The zero-order valence-electron chi connectivity index (χ0n) is 14.6. The number of carboxylic acids is 4. The number of hydrogen-bond acceptors (Lipinski definition) is 8. The Balaban J connectivity index is -0.000000122. The van der Waals surface area contributed by atoms with Crippen LogP contribution in [0.15, 0.2) is 0 Å². The van der Waals surface area contributed by atoms with E-state index >= 15 is 0 Å². The van der Waals surface area contributed by atoms with Gasteiger partial charge in [-0.3, -0.25) is 19.2 Å². The third kappa shape index (κ3) is 34.2. The number of carbonyl (C=O) groups is 4. The molecular weight excluding hydrogens is 340 g/mol. The minimum atomic E-state index is -0.968. The normalized spacial score (nSPS) is 12.3. The van der Waals surface area contributed by atoms with Gasteiger partial charge in [-0.05, 0) is 12.8 Å². The second kappa shape index (κ2) is 19.8. The predicted octanol–water partition coefficient (Wildman–Crippen LogP) is -2.08. The molecule has 0 aromatic heterocycles. The summed E-state index contributed by atoms with van der Waals surface area (Å²) in [6, 6.07) is -1.43. The lowest BCUT2D eigenvalue weighted by Crippen LogP contribution is -2.36. The standard InChI is InChI=1S/C6H13NO2.C3H7NO2.2C2H5NO2/c1-3-4(2)5(7)6(8)9;1-2(4)3(5)6;2*3-1-2(4)5/h4-5H,3,7H2,1-2H3,(H,8,9);2H,4H2,1H3,(H,5,6);2*1,3H2,(H,4,5)/t4-,5-;2-;;/m00../s1. The molecule has 0 aromatic carbocycles. The second-order valence-electron chi connectivity index (χ2n) is 4.57. The highest BCUT2D eigenvalue weighted by Gasteiger charge is 2.17. The van der Waals surface area contributed by atoms with Crippen LogP contribution in [0.1, 0.15) is 27.2 Å². The van der Waals surface area contributed by atoms with Crippen LogP contribution in [0.5, 0.6) is 0 Å². The van der Waals surface area contributed by atoms with Crippen molar-refractivity contribution in [3.8, 4) is 0 Å². The Kier molecular flexibility index (Phi) is 24.2. The van der Waals surface area contributed by atoms with Gasteiger partial charge in [-0.2, -0.15) is 0 Å². The Hall–Kier alpha value is -2.28. The monoisotopic (exact) mass is 370 g/mol. The molecule has 0 saturated heterocycles. The molecule has 0 amide bonds. The smallest absolute Gasteiger partial charge is 0.320 e. The third-order valence-electron chi connectivity index (χ3n) is 2.28. The van der Waals surface area contributed by atoms with Crippen molar-refractivity contribution in [2.24, 2.45) is 28.9 Å². The summed E-state index contributed by atoms with van der Waals surface area (Å²) in [4.78, 5) is 38.2. The molecule has 0 fully saturated rings. The molecule has 0 rings (SSSR count). The molecule has 0 bridgehead atoms. The Morgan fingerprint density at radius 1 is 0.800 bits per heavy atom. The van der Waals surface area contributed by atoms with E-state index < -0.39 is 36.0 Å². The van der Waals surface area contributed by atoms with E-state index in [1.807, 2.05) is 13.8 Å². The average molecular weight is 370 g/mol. The molecule has 0 radical (unpaired) electrons. The van der Waals surface area contributed by atoms with Gasteiger partial charge in [0.05, 0.1) is 13.1 Å². The molecule has 0 saturated carbocycles. The minimum absolute atomic E-state index is 0.0718. The molecule has 3 atom stereocenters. The Labute approximate surface area is 145 Å². The summed E-state index contributed by atoms with van der Waals surface area (Å²) in [5.41, 5.74) is 19.3. The van der Waals surface area contributed by atoms with Gasteiger partial charge in [-0.25, -0.2) is 0 Å². The van der Waals surface area contributed by atoms with Crippen LogP contribution >= 0.6 is 0 Å². The highest BCUT2D eigenvalue weighted by molar-refractivity contribution is 5.73. The largest absolute Gasteiger partial charge is 0.480 e. The summed E-state index contributed by atoms with van der Waals surface area (Å²) < 4.78 is 0. The van der Waals surface area contributed by atoms with E-state index in [0.29, 0.717) is 0 Å². The van der Waals surface area contributed by atoms with Crippen molar-refractivity contribution in [1.82, 2.24) is 0 Å². The van der Waals surface area contributed by atoms with Gasteiger partial charge in [0.2, 0.25) is 0 Å². The van der Waals surface area contributed by atoms with Crippen molar-refractivity contribution < 1.29 is 39.6 Å². The zero-order chi connectivity index (χ0) is 21.2. The van der Waals surface area contributed by atoms with Gasteiger partial charge in [0, 0.05) is 0 Å². The lowest BCUT2D eigenvalue weighted by atomic mass is 10.0. The van der Waals surface area contributed by atoms with E-state index in [1.54, 1.807) is 0 Å². The van der Waals surface area contributed by atoms with Crippen LogP contribution < -0.4 is 22.9 Å². The molecule has 0 spiro atoms. The van der Waals surface area contributed by atoms with Crippen LogP contribution in [0.4, 0.5) is 0 Å². The molecule has 0 heterocycles. The summed E-state index contributed by atoms with van der Waals surface area (Å²) in [5, 5.41) is 31.4.